The third-order valence-electron chi connectivity index (χ3n) is 3.84. The first kappa shape index (κ1) is 19.1. The summed E-state index contributed by atoms with van der Waals surface area (Å²) in [5.41, 5.74) is 2.00. The number of hydrogen-bond acceptors (Lipinski definition) is 6. The van der Waals surface area contributed by atoms with Gasteiger partial charge >= 0.3 is 0 Å². The predicted octanol–water partition coefficient (Wildman–Crippen LogP) is 4.37. The zero-order chi connectivity index (χ0) is 19.9. The highest BCUT2D eigenvalue weighted by Crippen LogP contribution is 2.27. The van der Waals surface area contributed by atoms with Crippen molar-refractivity contribution >= 4 is 29.0 Å². The van der Waals surface area contributed by atoms with Crippen molar-refractivity contribution in [2.75, 3.05) is 19.5 Å². The number of aromatic nitrogens is 1. The van der Waals surface area contributed by atoms with E-state index in [2.05, 4.69) is 10.3 Å². The molecule has 0 atom stereocenters. The molecule has 0 aliphatic carbocycles. The second-order valence-electron chi connectivity index (χ2n) is 5.66. The van der Waals surface area contributed by atoms with E-state index in [1.54, 1.807) is 43.9 Å². The number of carbonyl (C=O) groups excluding carboxylic acids is 1. The van der Waals surface area contributed by atoms with Gasteiger partial charge in [-0.05, 0) is 42.5 Å². The van der Waals surface area contributed by atoms with E-state index >= 15 is 0 Å². The number of thiazole rings is 1. The number of benzene rings is 2. The van der Waals surface area contributed by atoms with Gasteiger partial charge in [-0.1, -0.05) is 12.1 Å². The number of rotatable bonds is 6. The molecule has 1 N–H and O–H groups in total. The molecule has 0 aliphatic heterocycles. The minimum atomic E-state index is -0.497. The highest BCUT2D eigenvalue weighted by molar-refractivity contribution is 7.13. The topological polar surface area (TPSA) is 84.2 Å². The summed E-state index contributed by atoms with van der Waals surface area (Å²) < 4.78 is 10.3. The second kappa shape index (κ2) is 8.84. The van der Waals surface area contributed by atoms with Crippen molar-refractivity contribution in [3.63, 3.8) is 0 Å². The summed E-state index contributed by atoms with van der Waals surface area (Å²) >= 11 is 1.43. The molecule has 1 heterocycles. The number of amides is 1. The molecule has 2 aromatic carbocycles. The van der Waals surface area contributed by atoms with Crippen LogP contribution in [0.5, 0.6) is 11.5 Å². The van der Waals surface area contributed by atoms with Crippen LogP contribution in [0.2, 0.25) is 0 Å². The molecule has 3 aromatic rings. The SMILES string of the molecule is COc1ccc(NC(=O)C(C#N)=Cc2csc(-c3cccc(OC)c3)n2)cc1. The third kappa shape index (κ3) is 4.55. The number of anilines is 1. The summed E-state index contributed by atoms with van der Waals surface area (Å²) in [6.07, 6.45) is 1.47. The fraction of sp³-hybridized carbons (Fsp3) is 0.0952. The first-order chi connectivity index (χ1) is 13.6. The van der Waals surface area contributed by atoms with Crippen molar-refractivity contribution in [3.05, 3.63) is 65.2 Å². The second-order valence-corrected chi connectivity index (χ2v) is 6.52. The summed E-state index contributed by atoms with van der Waals surface area (Å²) in [6.45, 7) is 0. The molecule has 6 nitrogen and oxygen atoms in total. The number of carbonyl (C=O) groups is 1. The number of ether oxygens (including phenoxy) is 2. The minimum Gasteiger partial charge on any atom is -0.497 e. The molecule has 0 spiro atoms. The van der Waals surface area contributed by atoms with E-state index in [-0.39, 0.29) is 5.57 Å². The number of hydrogen-bond donors (Lipinski definition) is 1. The van der Waals surface area contributed by atoms with Crippen molar-refractivity contribution in [1.82, 2.24) is 4.98 Å². The molecule has 0 aliphatic rings. The van der Waals surface area contributed by atoms with E-state index < -0.39 is 5.91 Å². The molecular formula is C21H17N3O3S. The Bertz CT molecular complexity index is 1050. The van der Waals surface area contributed by atoms with E-state index in [0.29, 0.717) is 17.1 Å². The lowest BCUT2D eigenvalue weighted by Crippen LogP contribution is -2.13. The van der Waals surface area contributed by atoms with Gasteiger partial charge < -0.3 is 14.8 Å². The first-order valence-corrected chi connectivity index (χ1v) is 9.18. The van der Waals surface area contributed by atoms with Crippen molar-refractivity contribution < 1.29 is 14.3 Å². The van der Waals surface area contributed by atoms with Crippen molar-refractivity contribution in [1.29, 1.82) is 5.26 Å². The Kier molecular flexibility index (Phi) is 6.04. The van der Waals surface area contributed by atoms with Gasteiger partial charge in [0.05, 0.1) is 19.9 Å². The average Bonchev–Trinajstić information content (AvgIpc) is 3.21. The summed E-state index contributed by atoms with van der Waals surface area (Å²) in [4.78, 5) is 16.9. The lowest BCUT2D eigenvalue weighted by molar-refractivity contribution is -0.112. The molecule has 140 valence electrons. The number of nitrogens with zero attached hydrogens (tertiary/aromatic N) is 2. The molecule has 0 fully saturated rings. The van der Waals surface area contributed by atoms with E-state index in [0.717, 1.165) is 16.3 Å². The zero-order valence-corrected chi connectivity index (χ0v) is 16.1. The molecule has 0 radical (unpaired) electrons. The average molecular weight is 391 g/mol. The lowest BCUT2D eigenvalue weighted by atomic mass is 10.2. The summed E-state index contributed by atoms with van der Waals surface area (Å²) in [7, 11) is 3.17. The van der Waals surface area contributed by atoms with Crippen LogP contribution in [-0.4, -0.2) is 25.1 Å². The first-order valence-electron chi connectivity index (χ1n) is 8.30. The van der Waals surface area contributed by atoms with Crippen LogP contribution in [0, 0.1) is 11.3 Å². The van der Waals surface area contributed by atoms with E-state index in [4.69, 9.17) is 9.47 Å². The zero-order valence-electron chi connectivity index (χ0n) is 15.3. The molecule has 0 unspecified atom stereocenters. The summed E-state index contributed by atoms with van der Waals surface area (Å²) in [5, 5.41) is 14.6. The van der Waals surface area contributed by atoms with Gasteiger partial charge in [0.25, 0.3) is 5.91 Å². The van der Waals surface area contributed by atoms with Crippen LogP contribution in [0.3, 0.4) is 0 Å². The van der Waals surface area contributed by atoms with Gasteiger partial charge in [-0.25, -0.2) is 4.98 Å². The van der Waals surface area contributed by atoms with Crippen LogP contribution in [0.4, 0.5) is 5.69 Å². The normalized spacial score (nSPS) is 10.8. The van der Waals surface area contributed by atoms with E-state index in [1.165, 1.54) is 17.4 Å². The molecule has 0 bridgehead atoms. The Hall–Kier alpha value is -3.63. The van der Waals surface area contributed by atoms with Crippen molar-refractivity contribution in [2.45, 2.75) is 0 Å². The maximum atomic E-state index is 12.4. The van der Waals surface area contributed by atoms with Crippen molar-refractivity contribution in [3.8, 4) is 28.1 Å². The monoisotopic (exact) mass is 391 g/mol. The molecule has 7 heteroatoms. The van der Waals surface area contributed by atoms with Gasteiger partial charge in [-0.15, -0.1) is 11.3 Å². The Morgan fingerprint density at radius 3 is 2.57 bits per heavy atom. The maximum Gasteiger partial charge on any atom is 0.266 e. The Morgan fingerprint density at radius 1 is 1.14 bits per heavy atom. The van der Waals surface area contributed by atoms with Gasteiger partial charge in [0.1, 0.15) is 28.1 Å². The van der Waals surface area contributed by atoms with Gasteiger partial charge in [-0.2, -0.15) is 5.26 Å². The summed E-state index contributed by atoms with van der Waals surface area (Å²) in [5.74, 6) is 0.923. The lowest BCUT2D eigenvalue weighted by Gasteiger charge is -2.05. The Balaban J connectivity index is 1.77. The Morgan fingerprint density at radius 2 is 1.89 bits per heavy atom. The van der Waals surface area contributed by atoms with Gasteiger partial charge in [0, 0.05) is 16.6 Å². The van der Waals surface area contributed by atoms with Crippen LogP contribution in [0.1, 0.15) is 5.69 Å². The molecule has 0 saturated heterocycles. The van der Waals surface area contributed by atoms with E-state index in [1.807, 2.05) is 30.3 Å². The highest BCUT2D eigenvalue weighted by atomic mass is 32.1. The van der Waals surface area contributed by atoms with Gasteiger partial charge in [0.15, 0.2) is 0 Å². The standard InChI is InChI=1S/C21H17N3O3S/c1-26-18-8-6-16(7-9-18)23-20(25)15(12-22)10-17-13-28-21(24-17)14-4-3-5-19(11-14)27-2/h3-11,13H,1-2H3,(H,23,25). The highest BCUT2D eigenvalue weighted by Gasteiger charge is 2.12. The van der Waals surface area contributed by atoms with Crippen LogP contribution < -0.4 is 14.8 Å². The number of nitriles is 1. The van der Waals surface area contributed by atoms with Gasteiger partial charge in [-0.3, -0.25) is 4.79 Å². The van der Waals surface area contributed by atoms with Crippen molar-refractivity contribution in [2.24, 2.45) is 0 Å². The number of methoxy groups -OCH3 is 2. The largest absolute Gasteiger partial charge is 0.497 e. The molecule has 0 saturated carbocycles. The molecule has 1 amide bonds. The fourth-order valence-electron chi connectivity index (χ4n) is 2.41. The molecule has 1 aromatic heterocycles. The van der Waals surface area contributed by atoms with E-state index in [9.17, 15) is 10.1 Å². The van der Waals surface area contributed by atoms with Crippen LogP contribution in [0.25, 0.3) is 16.6 Å². The molecular weight excluding hydrogens is 374 g/mol. The fourth-order valence-corrected chi connectivity index (χ4v) is 3.18. The quantitative estimate of drug-likeness (QED) is 0.498. The minimum absolute atomic E-state index is 0.0293. The van der Waals surface area contributed by atoms with Crippen LogP contribution in [0.15, 0.2) is 59.5 Å². The van der Waals surface area contributed by atoms with Gasteiger partial charge in [0.2, 0.25) is 0 Å². The van der Waals surface area contributed by atoms with Crippen LogP contribution >= 0.6 is 11.3 Å². The smallest absolute Gasteiger partial charge is 0.266 e. The van der Waals surface area contributed by atoms with Crippen LogP contribution in [-0.2, 0) is 4.79 Å². The molecule has 3 rings (SSSR count). The number of nitrogens with one attached hydrogen (secondary N) is 1. The summed E-state index contributed by atoms with van der Waals surface area (Å²) in [6, 6.07) is 16.3. The maximum absolute atomic E-state index is 12.4. The Labute approximate surface area is 166 Å². The molecule has 28 heavy (non-hydrogen) atoms. The third-order valence-corrected chi connectivity index (χ3v) is 4.75. The predicted molar refractivity (Wildman–Crippen MR) is 109 cm³/mol.